The highest BCUT2D eigenvalue weighted by atomic mass is 32.1. The Hall–Kier alpha value is -4.36. The van der Waals surface area contributed by atoms with Gasteiger partial charge in [0.15, 0.2) is 0 Å². The monoisotopic (exact) mass is 556 g/mol. The summed E-state index contributed by atoms with van der Waals surface area (Å²) in [6, 6.07) is 41.4. The van der Waals surface area contributed by atoms with Crippen molar-refractivity contribution in [1.82, 2.24) is 0 Å². The van der Waals surface area contributed by atoms with Gasteiger partial charge < -0.3 is 20.7 Å². The third kappa shape index (κ3) is 7.24. The molecule has 0 aliphatic carbocycles. The molecule has 0 spiro atoms. The molecular weight excluding hydrogens is 523 g/mol. The maximum absolute atomic E-state index is 8.67. The van der Waals surface area contributed by atoms with Crippen molar-refractivity contribution in [2.24, 2.45) is 0 Å². The summed E-state index contributed by atoms with van der Waals surface area (Å²) >= 11 is 1.83. The molecule has 0 unspecified atom stereocenters. The summed E-state index contributed by atoms with van der Waals surface area (Å²) in [5, 5.41) is 25.9. The first-order valence-corrected chi connectivity index (χ1v) is 14.4. The fourth-order valence-corrected chi connectivity index (χ4v) is 5.52. The summed E-state index contributed by atoms with van der Waals surface area (Å²) in [6.07, 6.45) is 0. The van der Waals surface area contributed by atoms with Crippen LogP contribution in [0.1, 0.15) is 16.7 Å². The minimum Gasteiger partial charge on any atom is -0.423 e. The Kier molecular flexibility index (Phi) is 8.85. The second-order valence-corrected chi connectivity index (χ2v) is 11.2. The molecular formula is C35H33BN2O2S. The van der Waals surface area contributed by atoms with Crippen molar-refractivity contribution < 1.29 is 10.0 Å². The van der Waals surface area contributed by atoms with E-state index >= 15 is 0 Å². The van der Waals surface area contributed by atoms with E-state index in [-0.39, 0.29) is 0 Å². The first kappa shape index (κ1) is 28.2. The van der Waals surface area contributed by atoms with Crippen LogP contribution in [0, 0.1) is 20.8 Å². The molecule has 0 bridgehead atoms. The highest BCUT2D eigenvalue weighted by molar-refractivity contribution is 7.22. The van der Waals surface area contributed by atoms with Crippen LogP contribution in [-0.2, 0) is 0 Å². The molecule has 0 radical (unpaired) electrons. The molecule has 1 aromatic heterocycles. The lowest BCUT2D eigenvalue weighted by molar-refractivity contribution is 0.426. The van der Waals surface area contributed by atoms with Gasteiger partial charge in [-0.15, -0.1) is 11.3 Å². The fourth-order valence-electron chi connectivity index (χ4n) is 4.42. The van der Waals surface area contributed by atoms with Gasteiger partial charge in [0, 0.05) is 26.5 Å². The predicted molar refractivity (Wildman–Crippen MR) is 177 cm³/mol. The molecule has 4 N–H and O–H groups in total. The molecule has 6 heteroatoms. The van der Waals surface area contributed by atoms with Crippen LogP contribution in [0.3, 0.4) is 0 Å². The van der Waals surface area contributed by atoms with Crippen molar-refractivity contribution in [2.45, 2.75) is 20.8 Å². The second-order valence-electron chi connectivity index (χ2n) is 10.1. The lowest BCUT2D eigenvalue weighted by atomic mass is 9.80. The van der Waals surface area contributed by atoms with Gasteiger partial charge in [0.1, 0.15) is 0 Å². The van der Waals surface area contributed by atoms with Crippen LogP contribution in [0.15, 0.2) is 121 Å². The van der Waals surface area contributed by atoms with Crippen LogP contribution in [0.2, 0.25) is 0 Å². The van der Waals surface area contributed by atoms with Gasteiger partial charge in [0.2, 0.25) is 0 Å². The van der Waals surface area contributed by atoms with Crippen LogP contribution in [-0.4, -0.2) is 17.2 Å². The van der Waals surface area contributed by atoms with E-state index in [0.717, 1.165) is 28.3 Å². The van der Waals surface area contributed by atoms with Crippen LogP contribution in [0.4, 0.5) is 22.7 Å². The summed E-state index contributed by atoms with van der Waals surface area (Å²) in [5.74, 6) is 0. The first-order chi connectivity index (χ1) is 19.9. The van der Waals surface area contributed by atoms with E-state index in [4.69, 9.17) is 10.0 Å². The predicted octanol–water partition coefficient (Wildman–Crippen LogP) is 8.35. The summed E-state index contributed by atoms with van der Waals surface area (Å²) in [6.45, 7) is 6.17. The van der Waals surface area contributed by atoms with Crippen molar-refractivity contribution in [1.29, 1.82) is 0 Å². The molecule has 4 nitrogen and oxygen atoms in total. The summed E-state index contributed by atoms with van der Waals surface area (Å²) < 4.78 is 1.30. The molecule has 1 heterocycles. The molecule has 0 saturated carbocycles. The number of rotatable bonds is 6. The number of fused-ring (bicyclic) bond motifs is 1. The second kappa shape index (κ2) is 12.9. The first-order valence-electron chi connectivity index (χ1n) is 13.6. The number of anilines is 4. The van der Waals surface area contributed by atoms with Crippen LogP contribution < -0.4 is 16.1 Å². The Morgan fingerprint density at radius 1 is 0.585 bits per heavy atom. The average Bonchev–Trinajstić information content (AvgIpc) is 3.41. The lowest BCUT2D eigenvalue weighted by Gasteiger charge is -2.18. The Morgan fingerprint density at radius 3 is 1.73 bits per heavy atom. The van der Waals surface area contributed by atoms with Gasteiger partial charge in [0.25, 0.3) is 0 Å². The lowest BCUT2D eigenvalue weighted by Crippen LogP contribution is -2.29. The molecule has 0 saturated heterocycles. The minimum atomic E-state index is -1.35. The largest absolute Gasteiger partial charge is 0.488 e. The number of para-hydroxylation sites is 1. The van der Waals surface area contributed by atoms with E-state index in [1.54, 1.807) is 12.1 Å². The van der Waals surface area contributed by atoms with E-state index in [2.05, 4.69) is 122 Å². The zero-order valence-corrected chi connectivity index (χ0v) is 24.2. The zero-order chi connectivity index (χ0) is 28.8. The van der Waals surface area contributed by atoms with Gasteiger partial charge >= 0.3 is 7.12 Å². The third-order valence-electron chi connectivity index (χ3n) is 6.78. The van der Waals surface area contributed by atoms with Crippen molar-refractivity contribution >= 4 is 56.8 Å². The van der Waals surface area contributed by atoms with Crippen LogP contribution in [0.5, 0.6) is 0 Å². The topological polar surface area (TPSA) is 64.5 Å². The van der Waals surface area contributed by atoms with Gasteiger partial charge in [-0.1, -0.05) is 95.6 Å². The number of hydrogen-bond acceptors (Lipinski definition) is 5. The molecule has 0 aliphatic rings. The Morgan fingerprint density at radius 2 is 1.15 bits per heavy atom. The van der Waals surface area contributed by atoms with E-state index in [9.17, 15) is 0 Å². The van der Waals surface area contributed by atoms with Crippen LogP contribution >= 0.6 is 11.3 Å². The standard InChI is InChI=1S/C28H24N2S.C7H9BO2/c1-19-10-14-22(15-11-19)29-25-8-5-7-24(27-18-21-6-3-4-9-26(21)31-27)28(25)30-23-16-12-20(2)13-17-23;1-6-2-4-7(5-3-6)8(9)10/h3-18,29-30H,1-2H3;2-5,9-10H,1H3. The van der Waals surface area contributed by atoms with Crippen LogP contribution in [0.25, 0.3) is 20.5 Å². The summed E-state index contributed by atoms with van der Waals surface area (Å²) in [5.41, 5.74) is 9.63. The van der Waals surface area contributed by atoms with Gasteiger partial charge in [-0.2, -0.15) is 0 Å². The Balaban J connectivity index is 0.000000287. The highest BCUT2D eigenvalue weighted by Gasteiger charge is 2.14. The van der Waals surface area contributed by atoms with Gasteiger partial charge in [-0.3, -0.25) is 0 Å². The van der Waals surface area contributed by atoms with Crippen molar-refractivity contribution in [3.05, 3.63) is 138 Å². The molecule has 41 heavy (non-hydrogen) atoms. The van der Waals surface area contributed by atoms with E-state index < -0.39 is 7.12 Å². The number of benzene rings is 5. The SMILES string of the molecule is Cc1ccc(B(O)O)cc1.Cc1ccc(Nc2cccc(-c3cc4ccccc4s3)c2Nc2ccc(C)cc2)cc1. The Bertz CT molecular complexity index is 1700. The summed E-state index contributed by atoms with van der Waals surface area (Å²) in [4.78, 5) is 1.25. The number of thiophene rings is 1. The molecule has 0 amide bonds. The minimum absolute atomic E-state index is 0.533. The molecule has 6 aromatic rings. The maximum atomic E-state index is 8.67. The molecule has 6 rings (SSSR count). The summed E-state index contributed by atoms with van der Waals surface area (Å²) in [7, 11) is -1.35. The molecule has 0 fully saturated rings. The van der Waals surface area contributed by atoms with Crippen molar-refractivity contribution in [3.63, 3.8) is 0 Å². The molecule has 0 aliphatic heterocycles. The van der Waals surface area contributed by atoms with Gasteiger partial charge in [-0.25, -0.2) is 0 Å². The van der Waals surface area contributed by atoms with Crippen molar-refractivity contribution in [3.8, 4) is 10.4 Å². The molecule has 5 aromatic carbocycles. The zero-order valence-electron chi connectivity index (χ0n) is 23.4. The smallest absolute Gasteiger partial charge is 0.423 e. The maximum Gasteiger partial charge on any atom is 0.488 e. The fraction of sp³-hybridized carbons (Fsp3) is 0.0857. The average molecular weight is 557 g/mol. The Labute approximate surface area is 246 Å². The van der Waals surface area contributed by atoms with E-state index in [1.807, 2.05) is 30.4 Å². The number of nitrogens with one attached hydrogen (secondary N) is 2. The normalized spacial score (nSPS) is 10.6. The van der Waals surface area contributed by atoms with E-state index in [0.29, 0.717) is 5.46 Å². The molecule has 204 valence electrons. The van der Waals surface area contributed by atoms with Gasteiger partial charge in [0.05, 0.1) is 11.4 Å². The quantitative estimate of drug-likeness (QED) is 0.156. The van der Waals surface area contributed by atoms with Gasteiger partial charge in [-0.05, 0) is 74.1 Å². The molecule has 0 atom stereocenters. The number of aryl methyl sites for hydroxylation is 3. The highest BCUT2D eigenvalue weighted by Crippen LogP contribution is 2.42. The number of hydrogen-bond donors (Lipinski definition) is 4. The third-order valence-corrected chi connectivity index (χ3v) is 7.93. The van der Waals surface area contributed by atoms with E-state index in [1.165, 1.54) is 31.7 Å². The van der Waals surface area contributed by atoms with Crippen molar-refractivity contribution in [2.75, 3.05) is 10.6 Å².